The van der Waals surface area contributed by atoms with Crippen LogP contribution in [0.1, 0.15) is 0 Å². The monoisotopic (exact) mass is 465 g/mol. The number of nitrogens with zero attached hydrogens (tertiary/aromatic N) is 3. The fraction of sp³-hybridized carbons (Fsp3) is 0.240. The minimum absolute atomic E-state index is 0.134. The molecule has 33 heavy (non-hydrogen) atoms. The molecule has 0 atom stereocenters. The largest absolute Gasteiger partial charge is 0.497 e. The van der Waals surface area contributed by atoms with Gasteiger partial charge in [0.2, 0.25) is 5.91 Å². The molecule has 1 heterocycles. The van der Waals surface area contributed by atoms with E-state index in [0.29, 0.717) is 37.6 Å². The predicted octanol–water partition coefficient (Wildman–Crippen LogP) is 3.24. The van der Waals surface area contributed by atoms with Crippen LogP contribution < -0.4 is 13.9 Å². The molecule has 0 saturated carbocycles. The van der Waals surface area contributed by atoms with E-state index in [-0.39, 0.29) is 17.3 Å². The SMILES string of the molecule is COc1cccc(N(CC(=O)N2CCN(c3ccccc3)CC2)S(=O)(=O)c2ccccc2)c1. The average Bonchev–Trinajstić information content (AvgIpc) is 2.88. The molecule has 4 rings (SSSR count). The number of hydrogen-bond acceptors (Lipinski definition) is 5. The molecule has 0 N–H and O–H groups in total. The van der Waals surface area contributed by atoms with Gasteiger partial charge in [0.1, 0.15) is 12.3 Å². The van der Waals surface area contributed by atoms with Gasteiger partial charge in [0.05, 0.1) is 17.7 Å². The van der Waals surface area contributed by atoms with E-state index in [9.17, 15) is 13.2 Å². The van der Waals surface area contributed by atoms with Crippen LogP contribution in [0.25, 0.3) is 0 Å². The van der Waals surface area contributed by atoms with Gasteiger partial charge in [-0.05, 0) is 36.4 Å². The summed E-state index contributed by atoms with van der Waals surface area (Å²) in [4.78, 5) is 17.3. The van der Waals surface area contributed by atoms with Crippen LogP contribution in [0.2, 0.25) is 0 Å². The van der Waals surface area contributed by atoms with Crippen LogP contribution in [-0.2, 0) is 14.8 Å². The Balaban J connectivity index is 1.55. The normalized spacial score (nSPS) is 14.1. The second-order valence-electron chi connectivity index (χ2n) is 7.73. The van der Waals surface area contributed by atoms with Gasteiger partial charge in [-0.15, -0.1) is 0 Å². The first-order chi connectivity index (χ1) is 16.0. The third-order valence-electron chi connectivity index (χ3n) is 5.71. The second kappa shape index (κ2) is 9.95. The van der Waals surface area contributed by atoms with Crippen LogP contribution in [0.4, 0.5) is 11.4 Å². The Labute approximate surface area is 194 Å². The lowest BCUT2D eigenvalue weighted by Crippen LogP contribution is -2.52. The van der Waals surface area contributed by atoms with Crippen molar-refractivity contribution in [2.24, 2.45) is 0 Å². The molecule has 0 spiro atoms. The van der Waals surface area contributed by atoms with Crippen molar-refractivity contribution >= 4 is 27.3 Å². The minimum atomic E-state index is -3.95. The number of para-hydroxylation sites is 1. The molecule has 0 radical (unpaired) electrons. The van der Waals surface area contributed by atoms with Crippen LogP contribution in [-0.4, -0.2) is 59.1 Å². The van der Waals surface area contributed by atoms with Crippen LogP contribution in [0, 0.1) is 0 Å². The third kappa shape index (κ3) is 5.12. The van der Waals surface area contributed by atoms with E-state index in [1.165, 1.54) is 19.2 Å². The van der Waals surface area contributed by atoms with Gasteiger partial charge in [-0.2, -0.15) is 0 Å². The number of ether oxygens (including phenoxy) is 1. The fourth-order valence-corrected chi connectivity index (χ4v) is 5.30. The highest BCUT2D eigenvalue weighted by atomic mass is 32.2. The second-order valence-corrected chi connectivity index (χ2v) is 9.59. The van der Waals surface area contributed by atoms with Gasteiger partial charge in [0.15, 0.2) is 0 Å². The smallest absolute Gasteiger partial charge is 0.264 e. The van der Waals surface area contributed by atoms with Crippen molar-refractivity contribution in [2.75, 3.05) is 49.0 Å². The van der Waals surface area contributed by atoms with Gasteiger partial charge in [-0.3, -0.25) is 9.10 Å². The molecule has 1 amide bonds. The standard InChI is InChI=1S/C25H27N3O4S/c1-32-23-12-8-11-22(19-23)28(33(30,31)24-13-6-3-7-14-24)20-25(29)27-17-15-26(16-18-27)21-9-4-2-5-10-21/h2-14,19H,15-18,20H2,1H3. The number of amides is 1. The van der Waals surface area contributed by atoms with Crippen molar-refractivity contribution in [3.63, 3.8) is 0 Å². The number of piperazine rings is 1. The maximum atomic E-state index is 13.5. The van der Waals surface area contributed by atoms with Gasteiger partial charge < -0.3 is 14.5 Å². The van der Waals surface area contributed by atoms with E-state index in [2.05, 4.69) is 17.0 Å². The Hall–Kier alpha value is -3.52. The molecule has 172 valence electrons. The molecule has 1 aliphatic rings. The van der Waals surface area contributed by atoms with E-state index in [0.717, 1.165) is 9.99 Å². The molecule has 1 saturated heterocycles. The van der Waals surface area contributed by atoms with Crippen molar-refractivity contribution in [3.8, 4) is 5.75 Å². The van der Waals surface area contributed by atoms with E-state index in [4.69, 9.17) is 4.74 Å². The molecule has 1 fully saturated rings. The molecular formula is C25H27N3O4S. The molecule has 3 aromatic carbocycles. The number of carbonyl (C=O) groups is 1. The Morgan fingerprint density at radius 1 is 0.879 bits per heavy atom. The quantitative estimate of drug-likeness (QED) is 0.536. The minimum Gasteiger partial charge on any atom is -0.497 e. The lowest BCUT2D eigenvalue weighted by molar-refractivity contribution is -0.129. The summed E-state index contributed by atoms with van der Waals surface area (Å²) in [6, 6.07) is 25.0. The van der Waals surface area contributed by atoms with E-state index in [1.54, 1.807) is 47.4 Å². The summed E-state index contributed by atoms with van der Waals surface area (Å²) in [5.74, 6) is 0.287. The number of hydrogen-bond donors (Lipinski definition) is 0. The van der Waals surface area contributed by atoms with Gasteiger partial charge in [0.25, 0.3) is 10.0 Å². The summed E-state index contributed by atoms with van der Waals surface area (Å²) < 4.78 is 33.4. The Morgan fingerprint density at radius 3 is 2.15 bits per heavy atom. The first kappa shape index (κ1) is 22.7. The highest BCUT2D eigenvalue weighted by Crippen LogP contribution is 2.27. The van der Waals surface area contributed by atoms with Crippen LogP contribution in [0.3, 0.4) is 0 Å². The summed E-state index contributed by atoms with van der Waals surface area (Å²) in [5.41, 5.74) is 1.50. The van der Waals surface area contributed by atoms with Crippen molar-refractivity contribution in [1.29, 1.82) is 0 Å². The summed E-state index contributed by atoms with van der Waals surface area (Å²) in [5, 5.41) is 0. The zero-order chi connectivity index (χ0) is 23.3. The highest BCUT2D eigenvalue weighted by Gasteiger charge is 2.30. The summed E-state index contributed by atoms with van der Waals surface area (Å²) in [6.45, 7) is 2.17. The fourth-order valence-electron chi connectivity index (χ4n) is 3.88. The van der Waals surface area contributed by atoms with Crippen molar-refractivity contribution in [2.45, 2.75) is 4.90 Å². The first-order valence-electron chi connectivity index (χ1n) is 10.8. The maximum Gasteiger partial charge on any atom is 0.264 e. The van der Waals surface area contributed by atoms with Crippen LogP contribution in [0.15, 0.2) is 89.8 Å². The van der Waals surface area contributed by atoms with Gasteiger partial charge in [0, 0.05) is 37.9 Å². The Morgan fingerprint density at radius 2 is 1.52 bits per heavy atom. The van der Waals surface area contributed by atoms with Gasteiger partial charge in [-0.25, -0.2) is 8.42 Å². The molecule has 0 bridgehead atoms. The lowest BCUT2D eigenvalue weighted by atomic mass is 10.2. The molecule has 3 aromatic rings. The predicted molar refractivity (Wildman–Crippen MR) is 129 cm³/mol. The van der Waals surface area contributed by atoms with Crippen LogP contribution >= 0.6 is 0 Å². The molecule has 8 heteroatoms. The molecule has 7 nitrogen and oxygen atoms in total. The first-order valence-corrected chi connectivity index (χ1v) is 12.2. The highest BCUT2D eigenvalue weighted by molar-refractivity contribution is 7.92. The van der Waals surface area contributed by atoms with Crippen LogP contribution in [0.5, 0.6) is 5.75 Å². The topological polar surface area (TPSA) is 70.2 Å². The van der Waals surface area contributed by atoms with E-state index in [1.807, 2.05) is 18.2 Å². The summed E-state index contributed by atoms with van der Waals surface area (Å²) >= 11 is 0. The number of benzene rings is 3. The molecule has 1 aliphatic heterocycles. The van der Waals surface area contributed by atoms with Crippen molar-refractivity contribution < 1.29 is 17.9 Å². The third-order valence-corrected chi connectivity index (χ3v) is 7.49. The molecule has 0 aliphatic carbocycles. The van der Waals surface area contributed by atoms with Gasteiger partial charge in [-0.1, -0.05) is 42.5 Å². The summed E-state index contributed by atoms with van der Waals surface area (Å²) in [6.07, 6.45) is 0. The Kier molecular flexibility index (Phi) is 6.84. The summed E-state index contributed by atoms with van der Waals surface area (Å²) in [7, 11) is -2.43. The number of rotatable bonds is 7. The van der Waals surface area contributed by atoms with Gasteiger partial charge >= 0.3 is 0 Å². The molecule has 0 aromatic heterocycles. The van der Waals surface area contributed by atoms with Crippen molar-refractivity contribution in [1.82, 2.24) is 4.90 Å². The number of anilines is 2. The zero-order valence-corrected chi connectivity index (χ0v) is 19.3. The van der Waals surface area contributed by atoms with E-state index >= 15 is 0 Å². The zero-order valence-electron chi connectivity index (χ0n) is 18.5. The lowest BCUT2D eigenvalue weighted by Gasteiger charge is -2.37. The number of sulfonamides is 1. The molecular weight excluding hydrogens is 438 g/mol. The van der Waals surface area contributed by atoms with Crippen molar-refractivity contribution in [3.05, 3.63) is 84.9 Å². The number of carbonyl (C=O) groups excluding carboxylic acids is 1. The maximum absolute atomic E-state index is 13.5. The Bertz CT molecular complexity index is 1180. The number of methoxy groups -OCH3 is 1. The van der Waals surface area contributed by atoms with E-state index < -0.39 is 10.0 Å². The molecule has 0 unspecified atom stereocenters. The average molecular weight is 466 g/mol.